The second-order valence-electron chi connectivity index (χ2n) is 7.45. The van der Waals surface area contributed by atoms with Gasteiger partial charge < -0.3 is 19.9 Å². The second-order valence-corrected chi connectivity index (χ2v) is 7.45. The quantitative estimate of drug-likeness (QED) is 0.729. The highest BCUT2D eigenvalue weighted by molar-refractivity contribution is 6.05. The van der Waals surface area contributed by atoms with Gasteiger partial charge in [0.2, 0.25) is 0 Å². The van der Waals surface area contributed by atoms with Crippen LogP contribution in [0.4, 0.5) is 5.69 Å². The molecule has 1 unspecified atom stereocenters. The van der Waals surface area contributed by atoms with Gasteiger partial charge in [-0.25, -0.2) is 0 Å². The molecule has 3 rings (SSSR count). The first-order valence-electron chi connectivity index (χ1n) is 9.86. The van der Waals surface area contributed by atoms with Crippen LogP contribution in [0.1, 0.15) is 34.3 Å². The number of benzene rings is 1. The summed E-state index contributed by atoms with van der Waals surface area (Å²) in [5.41, 5.74) is 1.76. The van der Waals surface area contributed by atoms with Crippen molar-refractivity contribution < 1.29 is 14.3 Å². The van der Waals surface area contributed by atoms with E-state index >= 15 is 0 Å². The number of amides is 1. The lowest BCUT2D eigenvalue weighted by Gasteiger charge is -2.23. The predicted molar refractivity (Wildman–Crippen MR) is 111 cm³/mol. The molecule has 1 saturated heterocycles. The Kier molecular flexibility index (Phi) is 6.82. The largest absolute Gasteiger partial charge is 0.469 e. The molecule has 0 saturated carbocycles. The third-order valence-corrected chi connectivity index (χ3v) is 5.22. The number of methoxy groups -OCH3 is 1. The number of nitrogens with one attached hydrogen (secondary N) is 2. The van der Waals surface area contributed by atoms with Crippen molar-refractivity contribution in [3.05, 3.63) is 63.6 Å². The van der Waals surface area contributed by atoms with Crippen molar-refractivity contribution in [3.63, 3.8) is 0 Å². The highest BCUT2D eigenvalue weighted by atomic mass is 16.5. The normalized spacial score (nSPS) is 16.3. The fraction of sp³-hybridized carbons (Fsp3) is 0.409. The molecule has 0 spiro atoms. The molecular formula is C22H27N3O4. The van der Waals surface area contributed by atoms with Crippen LogP contribution in [-0.2, 0) is 22.5 Å². The SMILES string of the molecule is COC(=O)Cc1cccc(NC(=O)c2c(C)ccn(CC3CCCNC3)c2=O)c1. The van der Waals surface area contributed by atoms with Gasteiger partial charge in [-0.05, 0) is 68.1 Å². The van der Waals surface area contributed by atoms with Gasteiger partial charge in [0.05, 0.1) is 13.5 Å². The van der Waals surface area contributed by atoms with Crippen molar-refractivity contribution in [3.8, 4) is 0 Å². The molecule has 1 aliphatic heterocycles. The molecule has 1 aromatic carbocycles. The first-order chi connectivity index (χ1) is 14.0. The summed E-state index contributed by atoms with van der Waals surface area (Å²) in [5.74, 6) is -0.415. The molecule has 29 heavy (non-hydrogen) atoms. The molecule has 7 heteroatoms. The van der Waals surface area contributed by atoms with Gasteiger partial charge in [-0.1, -0.05) is 12.1 Å². The Bertz CT molecular complexity index is 945. The Morgan fingerprint density at radius 1 is 1.31 bits per heavy atom. The van der Waals surface area contributed by atoms with Gasteiger partial charge in [0.15, 0.2) is 0 Å². The van der Waals surface area contributed by atoms with Crippen LogP contribution in [0.3, 0.4) is 0 Å². The molecule has 2 heterocycles. The Balaban J connectivity index is 1.78. The first kappa shape index (κ1) is 20.8. The van der Waals surface area contributed by atoms with Gasteiger partial charge in [-0.15, -0.1) is 0 Å². The van der Waals surface area contributed by atoms with Crippen LogP contribution in [0.5, 0.6) is 0 Å². The third kappa shape index (κ3) is 5.32. The van der Waals surface area contributed by atoms with Crippen molar-refractivity contribution in [1.29, 1.82) is 0 Å². The molecule has 1 atom stereocenters. The Morgan fingerprint density at radius 3 is 2.86 bits per heavy atom. The molecule has 1 aliphatic rings. The van der Waals surface area contributed by atoms with Crippen LogP contribution in [-0.4, -0.2) is 36.6 Å². The zero-order valence-electron chi connectivity index (χ0n) is 16.9. The summed E-state index contributed by atoms with van der Waals surface area (Å²) in [5, 5.41) is 6.14. The lowest BCUT2D eigenvalue weighted by atomic mass is 9.99. The number of nitrogens with zero attached hydrogens (tertiary/aromatic N) is 1. The number of hydrogen-bond acceptors (Lipinski definition) is 5. The van der Waals surface area contributed by atoms with Crippen molar-refractivity contribution in [2.24, 2.45) is 5.92 Å². The summed E-state index contributed by atoms with van der Waals surface area (Å²) in [6.45, 7) is 4.26. The fourth-order valence-corrected chi connectivity index (χ4v) is 3.63. The van der Waals surface area contributed by atoms with Gasteiger partial charge >= 0.3 is 5.97 Å². The van der Waals surface area contributed by atoms with Crippen LogP contribution in [0, 0.1) is 12.8 Å². The van der Waals surface area contributed by atoms with E-state index in [0.29, 0.717) is 23.7 Å². The molecular weight excluding hydrogens is 370 g/mol. The third-order valence-electron chi connectivity index (χ3n) is 5.22. The number of rotatable bonds is 6. The smallest absolute Gasteiger partial charge is 0.309 e. The predicted octanol–water partition coefficient (Wildman–Crippen LogP) is 2.12. The van der Waals surface area contributed by atoms with E-state index in [9.17, 15) is 14.4 Å². The molecule has 1 aromatic heterocycles. The van der Waals surface area contributed by atoms with E-state index in [-0.39, 0.29) is 23.5 Å². The van der Waals surface area contributed by atoms with E-state index in [2.05, 4.69) is 15.4 Å². The second kappa shape index (κ2) is 9.52. The monoisotopic (exact) mass is 397 g/mol. The van der Waals surface area contributed by atoms with Crippen LogP contribution in [0.2, 0.25) is 0 Å². The minimum Gasteiger partial charge on any atom is -0.469 e. The average molecular weight is 397 g/mol. The number of carbonyl (C=O) groups is 2. The summed E-state index contributed by atoms with van der Waals surface area (Å²) in [6.07, 6.45) is 4.05. The number of pyridine rings is 1. The Labute approximate surface area is 170 Å². The number of piperidine rings is 1. The number of hydrogen-bond donors (Lipinski definition) is 2. The molecule has 1 amide bonds. The van der Waals surface area contributed by atoms with Crippen LogP contribution < -0.4 is 16.2 Å². The molecule has 154 valence electrons. The zero-order chi connectivity index (χ0) is 20.8. The van der Waals surface area contributed by atoms with Gasteiger partial charge in [0.25, 0.3) is 11.5 Å². The number of aromatic nitrogens is 1. The molecule has 2 N–H and O–H groups in total. The number of ether oxygens (including phenoxy) is 1. The van der Waals surface area contributed by atoms with E-state index in [1.165, 1.54) is 7.11 Å². The average Bonchev–Trinajstić information content (AvgIpc) is 2.71. The molecule has 7 nitrogen and oxygen atoms in total. The number of carbonyl (C=O) groups excluding carboxylic acids is 2. The molecule has 0 bridgehead atoms. The van der Waals surface area contributed by atoms with E-state index in [0.717, 1.165) is 31.5 Å². The summed E-state index contributed by atoms with van der Waals surface area (Å²) in [4.78, 5) is 37.3. The number of anilines is 1. The Morgan fingerprint density at radius 2 is 2.14 bits per heavy atom. The fourth-order valence-electron chi connectivity index (χ4n) is 3.63. The maximum absolute atomic E-state index is 13.0. The van der Waals surface area contributed by atoms with Crippen LogP contribution in [0.25, 0.3) is 0 Å². The zero-order valence-corrected chi connectivity index (χ0v) is 16.9. The number of esters is 1. The van der Waals surface area contributed by atoms with Crippen molar-refractivity contribution in [2.45, 2.75) is 32.7 Å². The first-order valence-corrected chi connectivity index (χ1v) is 9.86. The van der Waals surface area contributed by atoms with E-state index < -0.39 is 5.91 Å². The molecule has 1 fully saturated rings. The summed E-state index contributed by atoms with van der Waals surface area (Å²) < 4.78 is 6.31. The summed E-state index contributed by atoms with van der Waals surface area (Å²) in [6, 6.07) is 8.77. The molecule has 2 aromatic rings. The maximum atomic E-state index is 13.0. The van der Waals surface area contributed by atoms with E-state index in [1.54, 1.807) is 48.0 Å². The van der Waals surface area contributed by atoms with Crippen molar-refractivity contribution in [2.75, 3.05) is 25.5 Å². The van der Waals surface area contributed by atoms with E-state index in [4.69, 9.17) is 0 Å². The van der Waals surface area contributed by atoms with Crippen LogP contribution in [0.15, 0.2) is 41.3 Å². The van der Waals surface area contributed by atoms with Crippen molar-refractivity contribution >= 4 is 17.6 Å². The highest BCUT2D eigenvalue weighted by Gasteiger charge is 2.19. The topological polar surface area (TPSA) is 89.4 Å². The van der Waals surface area contributed by atoms with Gasteiger partial charge in [-0.2, -0.15) is 0 Å². The van der Waals surface area contributed by atoms with Gasteiger partial charge in [-0.3, -0.25) is 14.4 Å². The van der Waals surface area contributed by atoms with Crippen LogP contribution >= 0.6 is 0 Å². The van der Waals surface area contributed by atoms with Gasteiger partial charge in [0.1, 0.15) is 5.56 Å². The van der Waals surface area contributed by atoms with Gasteiger partial charge in [0, 0.05) is 18.4 Å². The molecule has 0 aliphatic carbocycles. The minimum atomic E-state index is -0.446. The highest BCUT2D eigenvalue weighted by Crippen LogP contribution is 2.15. The molecule has 0 radical (unpaired) electrons. The summed E-state index contributed by atoms with van der Waals surface area (Å²) >= 11 is 0. The summed E-state index contributed by atoms with van der Waals surface area (Å²) in [7, 11) is 1.33. The lowest BCUT2D eigenvalue weighted by Crippen LogP contribution is -2.36. The standard InChI is InChI=1S/C22H27N3O4/c1-15-8-10-25(14-17-6-4-9-23-13-17)22(28)20(15)21(27)24-18-7-3-5-16(11-18)12-19(26)29-2/h3,5,7-8,10-11,17,23H,4,6,9,12-14H2,1-2H3,(H,24,27). The number of aryl methyl sites for hydroxylation is 1. The Hall–Kier alpha value is -2.93. The van der Waals surface area contributed by atoms with Crippen molar-refractivity contribution in [1.82, 2.24) is 9.88 Å². The lowest BCUT2D eigenvalue weighted by molar-refractivity contribution is -0.139. The van der Waals surface area contributed by atoms with E-state index in [1.807, 2.05) is 0 Å². The maximum Gasteiger partial charge on any atom is 0.309 e. The minimum absolute atomic E-state index is 0.118.